The molecule has 1 amide bonds. The fourth-order valence-corrected chi connectivity index (χ4v) is 1.92. The minimum atomic E-state index is -0.232. The topological polar surface area (TPSA) is 41.1 Å². The largest absolute Gasteiger partial charge is 0.350 e. The second kappa shape index (κ2) is 8.00. The Hall–Kier alpha value is -1.42. The number of amides is 1. The van der Waals surface area contributed by atoms with Crippen molar-refractivity contribution < 1.29 is 9.18 Å². The first kappa shape index (κ1) is 16.6. The minimum absolute atomic E-state index is 0.00374. The Morgan fingerprint density at radius 2 is 2.00 bits per heavy atom. The third-order valence-electron chi connectivity index (χ3n) is 3.21. The summed E-state index contributed by atoms with van der Waals surface area (Å²) in [6.07, 6.45) is 1.29. The normalized spacial score (nSPS) is 12.5. The molecule has 0 aliphatic rings. The molecule has 0 fully saturated rings. The number of aryl methyl sites for hydroxylation is 1. The highest BCUT2D eigenvalue weighted by Crippen LogP contribution is 2.16. The van der Waals surface area contributed by atoms with E-state index in [2.05, 4.69) is 24.5 Å². The van der Waals surface area contributed by atoms with Gasteiger partial charge in [-0.3, -0.25) is 4.79 Å². The molecule has 2 N–H and O–H groups in total. The van der Waals surface area contributed by atoms with E-state index < -0.39 is 0 Å². The van der Waals surface area contributed by atoms with E-state index in [9.17, 15) is 9.18 Å². The van der Waals surface area contributed by atoms with Gasteiger partial charge >= 0.3 is 0 Å². The van der Waals surface area contributed by atoms with Crippen molar-refractivity contribution in [1.82, 2.24) is 10.6 Å². The highest BCUT2D eigenvalue weighted by atomic mass is 19.1. The van der Waals surface area contributed by atoms with E-state index in [0.29, 0.717) is 18.0 Å². The summed E-state index contributed by atoms with van der Waals surface area (Å²) in [6, 6.07) is 5.34. The molecule has 1 atom stereocenters. The van der Waals surface area contributed by atoms with Crippen LogP contribution >= 0.6 is 0 Å². The number of nitrogens with one attached hydrogen (secondary N) is 2. The van der Waals surface area contributed by atoms with E-state index in [1.165, 1.54) is 6.07 Å². The van der Waals surface area contributed by atoms with Gasteiger partial charge in [-0.05, 0) is 44.0 Å². The van der Waals surface area contributed by atoms with Crippen molar-refractivity contribution in [3.8, 4) is 0 Å². The number of benzene rings is 1. The molecule has 1 aromatic rings. The summed E-state index contributed by atoms with van der Waals surface area (Å²) in [5.74, 6) is -0.228. The smallest absolute Gasteiger partial charge is 0.220 e. The number of hydrogen-bond acceptors (Lipinski definition) is 2. The molecule has 0 saturated carbocycles. The zero-order valence-corrected chi connectivity index (χ0v) is 12.8. The first-order chi connectivity index (χ1) is 9.40. The first-order valence-corrected chi connectivity index (χ1v) is 7.19. The second-order valence-electron chi connectivity index (χ2n) is 5.51. The number of carbonyl (C=O) groups excluding carboxylic acids is 1. The van der Waals surface area contributed by atoms with Crippen molar-refractivity contribution in [3.05, 3.63) is 35.1 Å². The van der Waals surface area contributed by atoms with Crippen molar-refractivity contribution in [1.29, 1.82) is 0 Å². The van der Waals surface area contributed by atoms with Crippen LogP contribution < -0.4 is 10.6 Å². The molecule has 4 heteroatoms. The van der Waals surface area contributed by atoms with Gasteiger partial charge in [-0.15, -0.1) is 0 Å². The van der Waals surface area contributed by atoms with Crippen molar-refractivity contribution in [3.63, 3.8) is 0 Å². The number of hydrogen-bond donors (Lipinski definition) is 2. The highest BCUT2D eigenvalue weighted by Gasteiger charge is 2.10. The molecule has 1 aromatic carbocycles. The predicted octanol–water partition coefficient (Wildman–Crippen LogP) is 3.09. The summed E-state index contributed by atoms with van der Waals surface area (Å²) in [5.41, 5.74) is 1.41. The fraction of sp³-hybridized carbons (Fsp3) is 0.562. The summed E-state index contributed by atoms with van der Waals surface area (Å²) in [6.45, 7) is 8.58. The fourth-order valence-electron chi connectivity index (χ4n) is 1.92. The zero-order valence-electron chi connectivity index (χ0n) is 12.8. The average Bonchev–Trinajstić information content (AvgIpc) is 2.37. The molecule has 0 saturated heterocycles. The highest BCUT2D eigenvalue weighted by molar-refractivity contribution is 5.76. The van der Waals surface area contributed by atoms with E-state index in [0.717, 1.165) is 18.5 Å². The molecule has 112 valence electrons. The van der Waals surface area contributed by atoms with Crippen LogP contribution in [0, 0.1) is 12.7 Å². The molecule has 3 nitrogen and oxygen atoms in total. The van der Waals surface area contributed by atoms with Gasteiger partial charge in [0.15, 0.2) is 0 Å². The Morgan fingerprint density at radius 3 is 2.60 bits per heavy atom. The van der Waals surface area contributed by atoms with E-state index in [1.54, 1.807) is 13.0 Å². The molecule has 0 bridgehead atoms. The summed E-state index contributed by atoms with van der Waals surface area (Å²) < 4.78 is 13.5. The maximum Gasteiger partial charge on any atom is 0.220 e. The third-order valence-corrected chi connectivity index (χ3v) is 3.21. The molecule has 0 radical (unpaired) electrons. The van der Waals surface area contributed by atoms with Crippen LogP contribution in [0.15, 0.2) is 18.2 Å². The van der Waals surface area contributed by atoms with Gasteiger partial charge in [-0.25, -0.2) is 4.39 Å². The lowest BCUT2D eigenvalue weighted by Gasteiger charge is -2.15. The molecule has 0 aromatic heterocycles. The quantitative estimate of drug-likeness (QED) is 0.754. The number of rotatable bonds is 7. The van der Waals surface area contributed by atoms with Gasteiger partial charge < -0.3 is 10.6 Å². The van der Waals surface area contributed by atoms with Crippen molar-refractivity contribution in [2.75, 3.05) is 6.54 Å². The monoisotopic (exact) mass is 280 g/mol. The van der Waals surface area contributed by atoms with Gasteiger partial charge in [0.25, 0.3) is 0 Å². The van der Waals surface area contributed by atoms with Crippen LogP contribution in [-0.2, 0) is 4.79 Å². The summed E-state index contributed by atoms with van der Waals surface area (Å²) in [5, 5.41) is 6.17. The Balaban J connectivity index is 2.39. The summed E-state index contributed by atoms with van der Waals surface area (Å²) in [4.78, 5) is 11.8. The molecule has 1 rings (SSSR count). The van der Waals surface area contributed by atoms with Crippen LogP contribution in [0.3, 0.4) is 0 Å². The van der Waals surface area contributed by atoms with Crippen LogP contribution in [0.1, 0.15) is 50.8 Å². The Kier molecular flexibility index (Phi) is 6.65. The van der Waals surface area contributed by atoms with Gasteiger partial charge in [0.1, 0.15) is 5.82 Å². The first-order valence-electron chi connectivity index (χ1n) is 7.19. The van der Waals surface area contributed by atoms with E-state index in [4.69, 9.17) is 0 Å². The third kappa shape index (κ3) is 5.70. The van der Waals surface area contributed by atoms with E-state index in [-0.39, 0.29) is 17.8 Å². The molecule has 0 spiro atoms. The molecule has 1 unspecified atom stereocenters. The second-order valence-corrected chi connectivity index (χ2v) is 5.51. The summed E-state index contributed by atoms with van der Waals surface area (Å²) in [7, 11) is 0. The number of carbonyl (C=O) groups is 1. The Labute approximate surface area is 121 Å². The van der Waals surface area contributed by atoms with Crippen molar-refractivity contribution in [2.45, 2.75) is 52.6 Å². The van der Waals surface area contributed by atoms with Crippen LogP contribution in [0.5, 0.6) is 0 Å². The maximum atomic E-state index is 13.5. The van der Waals surface area contributed by atoms with Crippen LogP contribution in [0.4, 0.5) is 4.39 Å². The lowest BCUT2D eigenvalue weighted by atomic mass is 10.1. The van der Waals surface area contributed by atoms with Crippen molar-refractivity contribution >= 4 is 5.91 Å². The van der Waals surface area contributed by atoms with Crippen LogP contribution in [-0.4, -0.2) is 18.5 Å². The molecular weight excluding hydrogens is 255 g/mol. The van der Waals surface area contributed by atoms with Crippen LogP contribution in [0.25, 0.3) is 0 Å². The summed E-state index contributed by atoms with van der Waals surface area (Å²) >= 11 is 0. The van der Waals surface area contributed by atoms with Gasteiger partial charge in [0.05, 0.1) is 6.04 Å². The number of halogens is 1. The molecule has 0 aliphatic carbocycles. The van der Waals surface area contributed by atoms with Gasteiger partial charge in [0.2, 0.25) is 5.91 Å². The Bertz CT molecular complexity index is 446. The zero-order chi connectivity index (χ0) is 15.1. The van der Waals surface area contributed by atoms with Crippen LogP contribution in [0.2, 0.25) is 0 Å². The average molecular weight is 280 g/mol. The van der Waals surface area contributed by atoms with E-state index >= 15 is 0 Å². The molecule has 0 aliphatic heterocycles. The molecule has 0 heterocycles. The molecular formula is C16H25FN2O. The predicted molar refractivity (Wildman–Crippen MR) is 80.1 cm³/mol. The lowest BCUT2D eigenvalue weighted by Crippen LogP contribution is -2.29. The molecule has 20 heavy (non-hydrogen) atoms. The van der Waals surface area contributed by atoms with Gasteiger partial charge in [-0.2, -0.15) is 0 Å². The van der Waals surface area contributed by atoms with Crippen molar-refractivity contribution in [2.24, 2.45) is 0 Å². The maximum absolute atomic E-state index is 13.5. The SMILES string of the molecule is Cc1ccc(C(C)NC(=O)CCCNC(C)C)cc1F. The Morgan fingerprint density at radius 1 is 1.30 bits per heavy atom. The van der Waals surface area contributed by atoms with Gasteiger partial charge in [0, 0.05) is 12.5 Å². The lowest BCUT2D eigenvalue weighted by molar-refractivity contribution is -0.121. The van der Waals surface area contributed by atoms with E-state index in [1.807, 2.05) is 13.0 Å². The van der Waals surface area contributed by atoms with Gasteiger partial charge in [-0.1, -0.05) is 26.0 Å². The standard InChI is InChI=1S/C16H25FN2O/c1-11(2)18-9-5-6-16(20)19-13(4)14-8-7-12(3)15(17)10-14/h7-8,10-11,13,18H,5-6,9H2,1-4H3,(H,19,20). The minimum Gasteiger partial charge on any atom is -0.350 e.